The zero-order valence-electron chi connectivity index (χ0n) is 14.2. The first-order chi connectivity index (χ1) is 11.0. The summed E-state index contributed by atoms with van der Waals surface area (Å²) in [5.41, 5.74) is 6.80. The minimum absolute atomic E-state index is 0. The monoisotopic (exact) mass is 411 g/mol. The van der Waals surface area contributed by atoms with Gasteiger partial charge in [-0.2, -0.15) is 0 Å². The van der Waals surface area contributed by atoms with Crippen LogP contribution in [0, 0.1) is 0 Å². The van der Waals surface area contributed by atoms with Crippen molar-refractivity contribution in [1.29, 1.82) is 0 Å². The fraction of sp³-hybridized carbons (Fsp3) is 0.562. The number of hydrogen-bond donors (Lipinski definition) is 1. The van der Waals surface area contributed by atoms with E-state index in [0.29, 0.717) is 32.7 Å². The smallest absolute Gasteiger partial charge is 0.236 e. The topological polar surface area (TPSA) is 83.7 Å². The summed E-state index contributed by atoms with van der Waals surface area (Å²) in [7, 11) is -2.91. The van der Waals surface area contributed by atoms with Crippen LogP contribution in [0.2, 0.25) is 0 Å². The van der Waals surface area contributed by atoms with Crippen LogP contribution in [0.1, 0.15) is 5.56 Å². The summed E-state index contributed by atoms with van der Waals surface area (Å²) in [6.45, 7) is 2.72. The first-order valence-electron chi connectivity index (χ1n) is 7.95. The lowest BCUT2D eigenvalue weighted by molar-refractivity contribution is -0.132. The third kappa shape index (κ3) is 8.37. The van der Waals surface area contributed by atoms with E-state index in [1.165, 1.54) is 5.56 Å². The second-order valence-electron chi connectivity index (χ2n) is 5.83. The van der Waals surface area contributed by atoms with Crippen molar-refractivity contribution in [2.45, 2.75) is 6.42 Å². The lowest BCUT2D eigenvalue weighted by Gasteiger charge is -2.29. The average molecular weight is 412 g/mol. The number of benzene rings is 1. The molecule has 1 aliphatic heterocycles. The molecule has 0 unspecified atom stereocenters. The molecule has 0 saturated carbocycles. The number of halogens is 2. The highest BCUT2D eigenvalue weighted by molar-refractivity contribution is 7.91. The maximum atomic E-state index is 12.5. The minimum atomic E-state index is -2.91. The largest absolute Gasteiger partial charge is 0.340 e. The van der Waals surface area contributed by atoms with Gasteiger partial charge in [-0.25, -0.2) is 8.42 Å². The molecule has 0 aromatic heterocycles. The van der Waals surface area contributed by atoms with Crippen molar-refractivity contribution in [3.63, 3.8) is 0 Å². The summed E-state index contributed by atoms with van der Waals surface area (Å²) >= 11 is 0. The first-order valence-corrected chi connectivity index (χ1v) is 9.77. The van der Waals surface area contributed by atoms with Crippen molar-refractivity contribution in [3.8, 4) is 0 Å². The van der Waals surface area contributed by atoms with Crippen molar-refractivity contribution in [2.24, 2.45) is 5.73 Å². The standard InChI is InChI=1S/C16H25N3O3S.2ClH/c17-7-9-19(8-6-15-4-2-1-3-5-15)16(20)14-18-10-12-23(21,22)13-11-18;;/h1-5H,6-14,17H2;2*1H. The van der Waals surface area contributed by atoms with Crippen LogP contribution in [0.3, 0.4) is 0 Å². The zero-order chi connectivity index (χ0) is 16.7. The van der Waals surface area contributed by atoms with E-state index in [2.05, 4.69) is 0 Å². The summed E-state index contributed by atoms with van der Waals surface area (Å²) in [5.74, 6) is 0.299. The van der Waals surface area contributed by atoms with E-state index in [0.717, 1.165) is 6.42 Å². The molecule has 25 heavy (non-hydrogen) atoms. The van der Waals surface area contributed by atoms with Gasteiger partial charge in [0.05, 0.1) is 18.1 Å². The molecule has 0 bridgehead atoms. The van der Waals surface area contributed by atoms with Crippen molar-refractivity contribution >= 4 is 40.6 Å². The average Bonchev–Trinajstić information content (AvgIpc) is 2.54. The Labute approximate surface area is 162 Å². The van der Waals surface area contributed by atoms with Crippen molar-refractivity contribution in [2.75, 3.05) is 50.8 Å². The third-order valence-electron chi connectivity index (χ3n) is 4.06. The molecule has 0 radical (unpaired) electrons. The highest BCUT2D eigenvalue weighted by Crippen LogP contribution is 2.06. The molecule has 1 amide bonds. The molecule has 9 heteroatoms. The van der Waals surface area contributed by atoms with Crippen LogP contribution in [0.5, 0.6) is 0 Å². The number of nitrogens with two attached hydrogens (primary N) is 1. The van der Waals surface area contributed by atoms with E-state index in [1.807, 2.05) is 35.2 Å². The maximum Gasteiger partial charge on any atom is 0.236 e. The SMILES string of the molecule is Cl.Cl.NCCN(CCc1ccccc1)C(=O)CN1CCS(=O)(=O)CC1. The summed E-state index contributed by atoms with van der Waals surface area (Å²) in [6.07, 6.45) is 0.793. The van der Waals surface area contributed by atoms with Crippen LogP contribution in [0.4, 0.5) is 0 Å². The molecule has 1 aliphatic rings. The predicted octanol–water partition coefficient (Wildman–Crippen LogP) is 0.590. The highest BCUT2D eigenvalue weighted by atomic mass is 35.5. The van der Waals surface area contributed by atoms with E-state index in [4.69, 9.17) is 5.73 Å². The Morgan fingerprint density at radius 1 is 1.08 bits per heavy atom. The molecule has 1 fully saturated rings. The Kier molecular flexibility index (Phi) is 11.3. The van der Waals surface area contributed by atoms with Crippen LogP contribution < -0.4 is 5.73 Å². The second-order valence-corrected chi connectivity index (χ2v) is 8.14. The minimum Gasteiger partial charge on any atom is -0.340 e. The van der Waals surface area contributed by atoms with E-state index in [9.17, 15) is 13.2 Å². The Morgan fingerprint density at radius 2 is 1.68 bits per heavy atom. The molecule has 0 atom stereocenters. The summed E-state index contributed by atoms with van der Waals surface area (Å²) in [4.78, 5) is 16.1. The maximum absolute atomic E-state index is 12.5. The number of rotatable bonds is 7. The Morgan fingerprint density at radius 3 is 2.24 bits per heavy atom. The first kappa shape index (κ1) is 24.1. The Hall–Kier alpha value is -0.860. The Balaban J connectivity index is 0.00000288. The highest BCUT2D eigenvalue weighted by Gasteiger charge is 2.24. The quantitative estimate of drug-likeness (QED) is 0.709. The van der Waals surface area contributed by atoms with Gasteiger partial charge in [0.2, 0.25) is 5.91 Å². The van der Waals surface area contributed by atoms with Gasteiger partial charge in [0.1, 0.15) is 0 Å². The van der Waals surface area contributed by atoms with Crippen LogP contribution >= 0.6 is 24.8 Å². The number of hydrogen-bond acceptors (Lipinski definition) is 5. The summed E-state index contributed by atoms with van der Waals surface area (Å²) in [6, 6.07) is 10.0. The number of carbonyl (C=O) groups excluding carboxylic acids is 1. The number of nitrogens with zero attached hydrogens (tertiary/aromatic N) is 2. The van der Waals surface area contributed by atoms with E-state index >= 15 is 0 Å². The number of carbonyl (C=O) groups is 1. The van der Waals surface area contributed by atoms with Gasteiger partial charge >= 0.3 is 0 Å². The molecule has 1 heterocycles. The van der Waals surface area contributed by atoms with Gasteiger partial charge in [0.25, 0.3) is 0 Å². The van der Waals surface area contributed by atoms with Crippen molar-refractivity contribution in [1.82, 2.24) is 9.80 Å². The van der Waals surface area contributed by atoms with E-state index in [-0.39, 0.29) is 48.8 Å². The fourth-order valence-electron chi connectivity index (χ4n) is 2.63. The van der Waals surface area contributed by atoms with Gasteiger partial charge in [0, 0.05) is 32.7 Å². The molecule has 1 aromatic carbocycles. The molecular weight excluding hydrogens is 385 g/mol. The van der Waals surface area contributed by atoms with Gasteiger partial charge in [-0.15, -0.1) is 24.8 Å². The summed E-state index contributed by atoms with van der Waals surface area (Å²) < 4.78 is 22.9. The van der Waals surface area contributed by atoms with Gasteiger partial charge in [-0.3, -0.25) is 9.69 Å². The van der Waals surface area contributed by atoms with Gasteiger partial charge in [-0.05, 0) is 12.0 Å². The lowest BCUT2D eigenvalue weighted by Crippen LogP contribution is -2.47. The summed E-state index contributed by atoms with van der Waals surface area (Å²) in [5, 5.41) is 0. The molecule has 1 aromatic rings. The fourth-order valence-corrected chi connectivity index (χ4v) is 3.90. The predicted molar refractivity (Wildman–Crippen MR) is 105 cm³/mol. The van der Waals surface area contributed by atoms with Gasteiger partial charge in [0.15, 0.2) is 9.84 Å². The van der Waals surface area contributed by atoms with Crippen LogP contribution in [-0.2, 0) is 21.1 Å². The second kappa shape index (κ2) is 11.7. The molecule has 2 N–H and O–H groups in total. The molecule has 1 saturated heterocycles. The zero-order valence-corrected chi connectivity index (χ0v) is 16.6. The molecule has 144 valence electrons. The molecule has 0 spiro atoms. The van der Waals surface area contributed by atoms with Gasteiger partial charge < -0.3 is 10.6 Å². The third-order valence-corrected chi connectivity index (χ3v) is 5.67. The normalized spacial score (nSPS) is 16.4. The molecular formula is C16H27Cl2N3O3S. The molecule has 0 aliphatic carbocycles. The molecule has 2 rings (SSSR count). The number of amides is 1. The van der Waals surface area contributed by atoms with Crippen LogP contribution in [-0.4, -0.2) is 74.9 Å². The van der Waals surface area contributed by atoms with Gasteiger partial charge in [-0.1, -0.05) is 30.3 Å². The van der Waals surface area contributed by atoms with Crippen LogP contribution in [0.15, 0.2) is 30.3 Å². The number of sulfone groups is 1. The van der Waals surface area contributed by atoms with Crippen molar-refractivity contribution < 1.29 is 13.2 Å². The van der Waals surface area contributed by atoms with Crippen molar-refractivity contribution in [3.05, 3.63) is 35.9 Å². The Bertz CT molecular complexity index is 600. The van der Waals surface area contributed by atoms with E-state index < -0.39 is 9.84 Å². The van der Waals surface area contributed by atoms with E-state index in [1.54, 1.807) is 4.90 Å². The lowest BCUT2D eigenvalue weighted by atomic mass is 10.1. The molecule has 6 nitrogen and oxygen atoms in total. The van der Waals surface area contributed by atoms with Crippen LogP contribution in [0.25, 0.3) is 0 Å².